The van der Waals surface area contributed by atoms with E-state index in [0.717, 1.165) is 26.4 Å². The highest BCUT2D eigenvalue weighted by molar-refractivity contribution is 9.10. The number of hydrogen-bond donors (Lipinski definition) is 1. The first kappa shape index (κ1) is 12.9. The van der Waals surface area contributed by atoms with Crippen molar-refractivity contribution in [2.24, 2.45) is 0 Å². The molecule has 4 heteroatoms. The van der Waals surface area contributed by atoms with Crippen molar-refractivity contribution in [3.63, 3.8) is 0 Å². The maximum Gasteiger partial charge on any atom is 0.100 e. The Morgan fingerprint density at radius 2 is 2.06 bits per heavy atom. The predicted molar refractivity (Wildman–Crippen MR) is 78.3 cm³/mol. The van der Waals surface area contributed by atoms with Crippen molar-refractivity contribution in [1.82, 2.24) is 0 Å². The zero-order valence-corrected chi connectivity index (χ0v) is 12.0. The lowest BCUT2D eigenvalue weighted by molar-refractivity contribution is 1.42. The summed E-state index contributed by atoms with van der Waals surface area (Å²) in [5, 5.41) is 12.9. The molecule has 0 fully saturated rings. The van der Waals surface area contributed by atoms with E-state index in [2.05, 4.69) is 27.3 Å². The van der Waals surface area contributed by atoms with Gasteiger partial charge in [-0.25, -0.2) is 0 Å². The van der Waals surface area contributed by atoms with Gasteiger partial charge >= 0.3 is 0 Å². The maximum absolute atomic E-state index is 8.86. The summed E-state index contributed by atoms with van der Waals surface area (Å²) in [6.45, 7) is 1.96. The van der Waals surface area contributed by atoms with Gasteiger partial charge in [0, 0.05) is 20.9 Å². The van der Waals surface area contributed by atoms with Crippen molar-refractivity contribution in [2.75, 3.05) is 5.32 Å². The molecule has 90 valence electrons. The summed E-state index contributed by atoms with van der Waals surface area (Å²) < 4.78 is 0.773. The number of hydrogen-bond acceptors (Lipinski definition) is 2. The van der Waals surface area contributed by atoms with Crippen LogP contribution in [0.5, 0.6) is 0 Å². The first-order chi connectivity index (χ1) is 8.61. The molecule has 2 aromatic rings. The van der Waals surface area contributed by atoms with Gasteiger partial charge < -0.3 is 5.32 Å². The lowest BCUT2D eigenvalue weighted by Gasteiger charge is -2.11. The second-order valence-electron chi connectivity index (χ2n) is 3.84. The van der Waals surface area contributed by atoms with Crippen LogP contribution in [0.4, 0.5) is 11.4 Å². The topological polar surface area (TPSA) is 35.8 Å². The zero-order chi connectivity index (χ0) is 13.1. The van der Waals surface area contributed by atoms with Crippen LogP contribution in [0.25, 0.3) is 0 Å². The molecule has 0 aliphatic heterocycles. The van der Waals surface area contributed by atoms with Crippen LogP contribution in [0.1, 0.15) is 11.1 Å². The van der Waals surface area contributed by atoms with E-state index in [0.29, 0.717) is 5.56 Å². The van der Waals surface area contributed by atoms with Gasteiger partial charge in [-0.15, -0.1) is 0 Å². The molecule has 0 saturated heterocycles. The summed E-state index contributed by atoms with van der Waals surface area (Å²) in [6.07, 6.45) is 0. The van der Waals surface area contributed by atoms with E-state index >= 15 is 0 Å². The van der Waals surface area contributed by atoms with Gasteiger partial charge in [-0.2, -0.15) is 5.26 Å². The molecular weight excluding hydrogens is 312 g/mol. The van der Waals surface area contributed by atoms with Crippen LogP contribution in [0.2, 0.25) is 5.02 Å². The van der Waals surface area contributed by atoms with Crippen LogP contribution in [0.3, 0.4) is 0 Å². The SMILES string of the molecule is Cc1c(Cl)cccc1Nc1ccc(C#N)c(Br)c1. The molecule has 0 bridgehead atoms. The van der Waals surface area contributed by atoms with E-state index in [4.69, 9.17) is 16.9 Å². The minimum absolute atomic E-state index is 0.614. The largest absolute Gasteiger partial charge is 0.355 e. The van der Waals surface area contributed by atoms with E-state index < -0.39 is 0 Å². The van der Waals surface area contributed by atoms with Crippen molar-refractivity contribution in [3.05, 3.63) is 57.0 Å². The number of nitrogens with zero attached hydrogens (tertiary/aromatic N) is 1. The monoisotopic (exact) mass is 320 g/mol. The van der Waals surface area contributed by atoms with Crippen LogP contribution in [0, 0.1) is 18.3 Å². The third kappa shape index (κ3) is 2.66. The Morgan fingerprint density at radius 3 is 2.72 bits per heavy atom. The normalized spacial score (nSPS) is 9.89. The van der Waals surface area contributed by atoms with E-state index in [1.54, 1.807) is 6.07 Å². The quantitative estimate of drug-likeness (QED) is 0.842. The molecule has 0 radical (unpaired) electrons. The molecule has 2 nitrogen and oxygen atoms in total. The van der Waals surface area contributed by atoms with Gasteiger partial charge in [0.1, 0.15) is 6.07 Å². The Kier molecular flexibility index (Phi) is 3.90. The summed E-state index contributed by atoms with van der Waals surface area (Å²) in [6, 6.07) is 13.3. The van der Waals surface area contributed by atoms with Gasteiger partial charge in [-0.3, -0.25) is 0 Å². The highest BCUT2D eigenvalue weighted by Crippen LogP contribution is 2.28. The fourth-order valence-corrected chi connectivity index (χ4v) is 2.22. The summed E-state index contributed by atoms with van der Waals surface area (Å²) in [4.78, 5) is 0. The molecule has 0 heterocycles. The van der Waals surface area contributed by atoms with Gasteiger partial charge in [0.05, 0.1) is 5.56 Å². The lowest BCUT2D eigenvalue weighted by atomic mass is 10.1. The summed E-state index contributed by atoms with van der Waals surface area (Å²) in [7, 11) is 0. The number of halogens is 2. The molecule has 0 saturated carbocycles. The van der Waals surface area contributed by atoms with Gasteiger partial charge in [0.15, 0.2) is 0 Å². The first-order valence-electron chi connectivity index (χ1n) is 5.33. The molecule has 0 unspecified atom stereocenters. The average molecular weight is 322 g/mol. The highest BCUT2D eigenvalue weighted by atomic mass is 79.9. The Hall–Kier alpha value is -1.50. The molecular formula is C14H10BrClN2. The highest BCUT2D eigenvalue weighted by Gasteiger charge is 2.04. The molecule has 2 rings (SSSR count). The number of nitrogens with one attached hydrogen (secondary N) is 1. The van der Waals surface area contributed by atoms with Gasteiger partial charge in [0.25, 0.3) is 0 Å². The van der Waals surface area contributed by atoms with Crippen molar-refractivity contribution >= 4 is 38.9 Å². The Morgan fingerprint density at radius 1 is 1.28 bits per heavy atom. The Balaban J connectivity index is 2.32. The zero-order valence-electron chi connectivity index (χ0n) is 9.67. The molecule has 2 aromatic carbocycles. The summed E-state index contributed by atoms with van der Waals surface area (Å²) in [5.41, 5.74) is 3.48. The molecule has 0 aliphatic rings. The minimum atomic E-state index is 0.614. The van der Waals surface area contributed by atoms with Crippen LogP contribution < -0.4 is 5.32 Å². The van der Waals surface area contributed by atoms with Gasteiger partial charge in [-0.1, -0.05) is 17.7 Å². The van der Waals surface area contributed by atoms with Gasteiger partial charge in [-0.05, 0) is 58.7 Å². The molecule has 0 aromatic heterocycles. The second kappa shape index (κ2) is 5.43. The third-order valence-electron chi connectivity index (χ3n) is 2.64. The van der Waals surface area contributed by atoms with Crippen molar-refractivity contribution in [3.8, 4) is 6.07 Å². The maximum atomic E-state index is 8.86. The summed E-state index contributed by atoms with van der Waals surface area (Å²) in [5.74, 6) is 0. The van der Waals surface area contributed by atoms with Crippen molar-refractivity contribution in [1.29, 1.82) is 5.26 Å². The van der Waals surface area contributed by atoms with Crippen LogP contribution in [0.15, 0.2) is 40.9 Å². The predicted octanol–water partition coefficient (Wildman–Crippen LogP) is 5.03. The standard InChI is InChI=1S/C14H10BrClN2/c1-9-13(16)3-2-4-14(9)18-11-6-5-10(8-17)12(15)7-11/h2-7,18H,1H3. The fourth-order valence-electron chi connectivity index (χ4n) is 1.58. The molecule has 0 amide bonds. The molecule has 18 heavy (non-hydrogen) atoms. The molecule has 0 aliphatic carbocycles. The van der Waals surface area contributed by atoms with E-state index in [1.807, 2.05) is 37.3 Å². The van der Waals surface area contributed by atoms with Crippen molar-refractivity contribution in [2.45, 2.75) is 6.92 Å². The van der Waals surface area contributed by atoms with E-state index in [9.17, 15) is 0 Å². The number of benzene rings is 2. The van der Waals surface area contributed by atoms with Crippen LogP contribution in [-0.4, -0.2) is 0 Å². The lowest BCUT2D eigenvalue weighted by Crippen LogP contribution is -1.94. The molecule has 1 N–H and O–H groups in total. The number of anilines is 2. The Labute approximate surface area is 119 Å². The Bertz CT molecular complexity index is 632. The second-order valence-corrected chi connectivity index (χ2v) is 5.11. The number of rotatable bonds is 2. The third-order valence-corrected chi connectivity index (χ3v) is 3.70. The van der Waals surface area contributed by atoms with E-state index in [1.165, 1.54) is 0 Å². The van der Waals surface area contributed by atoms with Crippen LogP contribution >= 0.6 is 27.5 Å². The van der Waals surface area contributed by atoms with Crippen molar-refractivity contribution < 1.29 is 0 Å². The van der Waals surface area contributed by atoms with Crippen LogP contribution in [-0.2, 0) is 0 Å². The summed E-state index contributed by atoms with van der Waals surface area (Å²) >= 11 is 9.43. The average Bonchev–Trinajstić information content (AvgIpc) is 2.35. The smallest absolute Gasteiger partial charge is 0.100 e. The van der Waals surface area contributed by atoms with Gasteiger partial charge in [0.2, 0.25) is 0 Å². The minimum Gasteiger partial charge on any atom is -0.355 e. The fraction of sp³-hybridized carbons (Fsp3) is 0.0714. The van der Waals surface area contributed by atoms with E-state index in [-0.39, 0.29) is 0 Å². The molecule has 0 spiro atoms. The first-order valence-corrected chi connectivity index (χ1v) is 6.50. The number of nitriles is 1. The molecule has 0 atom stereocenters.